The Hall–Kier alpha value is -0.810. The van der Waals surface area contributed by atoms with Gasteiger partial charge in [-0.1, -0.05) is 0 Å². The van der Waals surface area contributed by atoms with E-state index in [1.54, 1.807) is 5.12 Å². The van der Waals surface area contributed by atoms with Crippen LogP contribution in [0.25, 0.3) is 0 Å². The summed E-state index contributed by atoms with van der Waals surface area (Å²) in [6.07, 6.45) is 2.04. The van der Waals surface area contributed by atoms with Crippen LogP contribution in [0.2, 0.25) is 0 Å². The molecular formula is C6H11N3O2. The molecule has 2 aliphatic heterocycles. The number of hydrazine groups is 1. The molecule has 1 atom stereocenters. The van der Waals surface area contributed by atoms with Gasteiger partial charge in [0.05, 0.1) is 6.10 Å². The minimum absolute atomic E-state index is 0.203. The lowest BCUT2D eigenvalue weighted by molar-refractivity contribution is -0.0411. The van der Waals surface area contributed by atoms with Gasteiger partial charge in [0.25, 0.3) is 0 Å². The van der Waals surface area contributed by atoms with Crippen LogP contribution in [0.1, 0.15) is 6.42 Å². The van der Waals surface area contributed by atoms with E-state index in [9.17, 15) is 5.11 Å². The predicted octanol–water partition coefficient (Wildman–Crippen LogP) is -0.799. The Morgan fingerprint density at radius 1 is 1.64 bits per heavy atom. The molecule has 1 fully saturated rings. The van der Waals surface area contributed by atoms with Crippen molar-refractivity contribution >= 4 is 6.40 Å². The number of nitrogens with zero attached hydrogens (tertiary/aromatic N) is 3. The van der Waals surface area contributed by atoms with E-state index in [-0.39, 0.29) is 6.10 Å². The summed E-state index contributed by atoms with van der Waals surface area (Å²) >= 11 is 0. The molecule has 0 aromatic carbocycles. The summed E-state index contributed by atoms with van der Waals surface area (Å²) in [6, 6.07) is 0. The summed E-state index contributed by atoms with van der Waals surface area (Å²) in [6.45, 7) is 2.01. The Balaban J connectivity index is 1.90. The van der Waals surface area contributed by atoms with E-state index in [0.717, 1.165) is 13.0 Å². The van der Waals surface area contributed by atoms with Crippen LogP contribution in [-0.2, 0) is 4.74 Å². The molecule has 2 rings (SSSR count). The van der Waals surface area contributed by atoms with Gasteiger partial charge in [-0.25, -0.2) is 0 Å². The largest absolute Gasteiger partial charge is 0.458 e. The van der Waals surface area contributed by atoms with E-state index in [2.05, 4.69) is 5.10 Å². The Labute approximate surface area is 64.8 Å². The fourth-order valence-corrected chi connectivity index (χ4v) is 1.31. The van der Waals surface area contributed by atoms with Gasteiger partial charge in [0.2, 0.25) is 0 Å². The van der Waals surface area contributed by atoms with Crippen molar-refractivity contribution in [2.75, 3.05) is 19.8 Å². The van der Waals surface area contributed by atoms with Crippen LogP contribution in [-0.4, -0.2) is 47.6 Å². The summed E-state index contributed by atoms with van der Waals surface area (Å²) in [7, 11) is 0. The molecule has 2 aliphatic rings. The quantitative estimate of drug-likeness (QED) is 0.541. The second-order valence-corrected chi connectivity index (χ2v) is 2.74. The van der Waals surface area contributed by atoms with E-state index in [1.165, 1.54) is 6.40 Å². The first-order valence-electron chi connectivity index (χ1n) is 3.71. The highest BCUT2D eigenvalue weighted by molar-refractivity contribution is 5.46. The molecule has 5 heteroatoms. The molecule has 1 saturated heterocycles. The summed E-state index contributed by atoms with van der Waals surface area (Å²) < 4.78 is 4.92. The van der Waals surface area contributed by atoms with Crippen LogP contribution in [0.15, 0.2) is 5.10 Å². The van der Waals surface area contributed by atoms with E-state index >= 15 is 0 Å². The zero-order chi connectivity index (χ0) is 7.68. The van der Waals surface area contributed by atoms with Crippen molar-refractivity contribution < 1.29 is 9.84 Å². The third-order valence-corrected chi connectivity index (χ3v) is 1.91. The molecule has 0 aliphatic carbocycles. The number of aliphatic hydroxyl groups excluding tert-OH is 1. The number of hydrazone groups is 1. The first-order chi connectivity index (χ1) is 5.36. The van der Waals surface area contributed by atoms with Crippen LogP contribution in [0.4, 0.5) is 0 Å². The van der Waals surface area contributed by atoms with Gasteiger partial charge in [0.15, 0.2) is 13.1 Å². The molecule has 0 saturated carbocycles. The maximum Gasteiger partial charge on any atom is 0.196 e. The Morgan fingerprint density at radius 2 is 2.55 bits per heavy atom. The molecule has 0 spiro atoms. The van der Waals surface area contributed by atoms with Crippen molar-refractivity contribution in [2.24, 2.45) is 5.10 Å². The Morgan fingerprint density at radius 3 is 3.09 bits per heavy atom. The molecule has 0 amide bonds. The third-order valence-electron chi connectivity index (χ3n) is 1.91. The maximum absolute atomic E-state index is 9.20. The van der Waals surface area contributed by atoms with Crippen molar-refractivity contribution in [1.29, 1.82) is 0 Å². The van der Waals surface area contributed by atoms with E-state index in [1.807, 2.05) is 5.01 Å². The van der Waals surface area contributed by atoms with Gasteiger partial charge in [-0.2, -0.15) is 10.1 Å². The molecule has 62 valence electrons. The van der Waals surface area contributed by atoms with Crippen LogP contribution in [0, 0.1) is 0 Å². The lowest BCUT2D eigenvalue weighted by atomic mass is 10.3. The van der Waals surface area contributed by atoms with Crippen LogP contribution < -0.4 is 0 Å². The average molecular weight is 157 g/mol. The van der Waals surface area contributed by atoms with Gasteiger partial charge in [0, 0.05) is 13.1 Å². The van der Waals surface area contributed by atoms with Gasteiger partial charge in [0.1, 0.15) is 0 Å². The highest BCUT2D eigenvalue weighted by atomic mass is 16.5. The van der Waals surface area contributed by atoms with Gasteiger partial charge >= 0.3 is 0 Å². The number of aliphatic hydroxyl groups is 1. The fraction of sp³-hybridized carbons (Fsp3) is 0.833. The molecule has 1 unspecified atom stereocenters. The van der Waals surface area contributed by atoms with E-state index in [4.69, 9.17) is 4.74 Å². The van der Waals surface area contributed by atoms with Gasteiger partial charge in [-0.05, 0) is 6.42 Å². The minimum Gasteiger partial charge on any atom is -0.458 e. The third kappa shape index (κ3) is 1.29. The molecule has 11 heavy (non-hydrogen) atoms. The zero-order valence-electron chi connectivity index (χ0n) is 6.18. The topological polar surface area (TPSA) is 48.3 Å². The smallest absolute Gasteiger partial charge is 0.196 e. The van der Waals surface area contributed by atoms with E-state index < -0.39 is 0 Å². The van der Waals surface area contributed by atoms with Crippen LogP contribution >= 0.6 is 0 Å². The summed E-state index contributed by atoms with van der Waals surface area (Å²) in [4.78, 5) is 0. The molecule has 0 bridgehead atoms. The predicted molar refractivity (Wildman–Crippen MR) is 38.5 cm³/mol. The van der Waals surface area contributed by atoms with Crippen LogP contribution in [0.5, 0.6) is 0 Å². The van der Waals surface area contributed by atoms with Crippen molar-refractivity contribution in [2.45, 2.75) is 12.5 Å². The number of ether oxygens (including phenoxy) is 1. The highest BCUT2D eigenvalue weighted by Crippen LogP contribution is 2.13. The molecule has 0 aromatic heterocycles. The van der Waals surface area contributed by atoms with Crippen molar-refractivity contribution in [3.63, 3.8) is 0 Å². The summed E-state index contributed by atoms with van der Waals surface area (Å²) in [5, 5.41) is 16.9. The molecule has 0 aromatic rings. The normalized spacial score (nSPS) is 31.4. The molecule has 2 heterocycles. The van der Waals surface area contributed by atoms with Crippen LogP contribution in [0.3, 0.4) is 0 Å². The maximum atomic E-state index is 9.20. The molecule has 5 nitrogen and oxygen atoms in total. The molecule has 1 N–H and O–H groups in total. The highest BCUT2D eigenvalue weighted by Gasteiger charge is 2.26. The number of hydrogen-bond donors (Lipinski definition) is 1. The first kappa shape index (κ1) is 6.87. The number of β-amino-alcohol motifs (C(OH)–C–C–N with tert-alkyl or cyclic N) is 1. The lowest BCUT2D eigenvalue weighted by Crippen LogP contribution is -2.36. The summed E-state index contributed by atoms with van der Waals surface area (Å²) in [5.74, 6) is 0. The standard InChI is InChI=1S/C6H11N3O2/c10-6-1-2-8(3-6)9-5-11-4-7-9/h4,6,10H,1-3,5H2. The van der Waals surface area contributed by atoms with Gasteiger partial charge in [-0.3, -0.25) is 0 Å². The Bertz CT molecular complexity index is 173. The molecule has 0 radical (unpaired) electrons. The van der Waals surface area contributed by atoms with Crippen molar-refractivity contribution in [3.05, 3.63) is 0 Å². The zero-order valence-corrected chi connectivity index (χ0v) is 6.18. The second-order valence-electron chi connectivity index (χ2n) is 2.74. The van der Waals surface area contributed by atoms with Crippen molar-refractivity contribution in [1.82, 2.24) is 10.1 Å². The SMILES string of the molecule is OC1CCN(N2COC=N2)C1. The lowest BCUT2D eigenvalue weighted by Gasteiger charge is -2.22. The second kappa shape index (κ2) is 2.67. The number of rotatable bonds is 1. The molecular weight excluding hydrogens is 146 g/mol. The van der Waals surface area contributed by atoms with Gasteiger partial charge in [-0.15, -0.1) is 5.10 Å². The Kier molecular flexibility index (Phi) is 1.67. The average Bonchev–Trinajstić information content (AvgIpc) is 2.55. The number of hydrogen-bond acceptors (Lipinski definition) is 5. The van der Waals surface area contributed by atoms with E-state index in [0.29, 0.717) is 13.3 Å². The monoisotopic (exact) mass is 157 g/mol. The minimum atomic E-state index is -0.203. The van der Waals surface area contributed by atoms with Gasteiger partial charge < -0.3 is 9.84 Å². The van der Waals surface area contributed by atoms with Crippen molar-refractivity contribution in [3.8, 4) is 0 Å². The first-order valence-corrected chi connectivity index (χ1v) is 3.71. The fourth-order valence-electron chi connectivity index (χ4n) is 1.31. The summed E-state index contributed by atoms with van der Waals surface area (Å²) in [5.41, 5.74) is 0.